The van der Waals surface area contributed by atoms with Gasteiger partial charge in [0.05, 0.1) is 12.3 Å². The molecular weight excluding hydrogens is 214 g/mol. The predicted octanol–water partition coefficient (Wildman–Crippen LogP) is 1.88. The molecular formula is C13H25N3O. The largest absolute Gasteiger partial charge is 0.380 e. The zero-order chi connectivity index (χ0) is 12.7. The first-order valence-corrected chi connectivity index (χ1v) is 6.37. The van der Waals surface area contributed by atoms with Gasteiger partial charge in [0.1, 0.15) is 0 Å². The molecule has 0 aliphatic heterocycles. The average Bonchev–Trinajstić information content (AvgIpc) is 2.55. The lowest BCUT2D eigenvalue weighted by atomic mass is 10.1. The van der Waals surface area contributed by atoms with E-state index in [1.807, 2.05) is 18.7 Å². The normalized spacial score (nSPS) is 11.4. The lowest BCUT2D eigenvalue weighted by Crippen LogP contribution is -2.19. The Morgan fingerprint density at radius 1 is 1.41 bits per heavy atom. The third kappa shape index (κ3) is 5.84. The van der Waals surface area contributed by atoms with Crippen LogP contribution < -0.4 is 5.32 Å². The van der Waals surface area contributed by atoms with Gasteiger partial charge in [0.15, 0.2) is 0 Å². The number of hydrogen-bond donors (Lipinski definition) is 1. The molecule has 0 atom stereocenters. The van der Waals surface area contributed by atoms with E-state index in [-0.39, 0.29) is 0 Å². The zero-order valence-corrected chi connectivity index (χ0v) is 11.5. The topological polar surface area (TPSA) is 39.1 Å². The summed E-state index contributed by atoms with van der Waals surface area (Å²) in [5, 5.41) is 7.67. The molecule has 0 aliphatic carbocycles. The second-order valence-corrected chi connectivity index (χ2v) is 4.89. The zero-order valence-electron chi connectivity index (χ0n) is 11.5. The Kier molecular flexibility index (Phi) is 6.22. The Morgan fingerprint density at radius 2 is 2.18 bits per heavy atom. The van der Waals surface area contributed by atoms with Crippen LogP contribution in [0.15, 0.2) is 6.20 Å². The van der Waals surface area contributed by atoms with E-state index in [0.29, 0.717) is 0 Å². The van der Waals surface area contributed by atoms with Gasteiger partial charge >= 0.3 is 0 Å². The number of nitrogens with one attached hydrogen (secondary N) is 1. The van der Waals surface area contributed by atoms with E-state index in [1.165, 1.54) is 5.56 Å². The van der Waals surface area contributed by atoms with E-state index in [9.17, 15) is 0 Å². The van der Waals surface area contributed by atoms with Gasteiger partial charge in [-0.3, -0.25) is 4.68 Å². The summed E-state index contributed by atoms with van der Waals surface area (Å²) in [6.45, 7) is 9.88. The second kappa shape index (κ2) is 7.45. The smallest absolute Gasteiger partial charge is 0.0638 e. The molecule has 17 heavy (non-hydrogen) atoms. The maximum absolute atomic E-state index is 5.53. The van der Waals surface area contributed by atoms with E-state index >= 15 is 0 Å². The molecule has 4 heteroatoms. The highest BCUT2D eigenvalue weighted by Crippen LogP contribution is 2.03. The molecule has 0 fully saturated rings. The van der Waals surface area contributed by atoms with Crippen LogP contribution in [-0.2, 0) is 18.3 Å². The van der Waals surface area contributed by atoms with Crippen molar-refractivity contribution in [3.8, 4) is 0 Å². The fraction of sp³-hybridized carbons (Fsp3) is 0.769. The Balaban J connectivity index is 2.03. The monoisotopic (exact) mass is 239 g/mol. The fourth-order valence-electron chi connectivity index (χ4n) is 1.61. The van der Waals surface area contributed by atoms with Crippen LogP contribution in [0.1, 0.15) is 31.5 Å². The minimum Gasteiger partial charge on any atom is -0.380 e. The molecule has 0 saturated carbocycles. The highest BCUT2D eigenvalue weighted by molar-refractivity contribution is 5.14. The summed E-state index contributed by atoms with van der Waals surface area (Å²) in [6, 6.07) is 0. The third-order valence-electron chi connectivity index (χ3n) is 2.69. The average molecular weight is 239 g/mol. The van der Waals surface area contributed by atoms with E-state index in [4.69, 9.17) is 4.74 Å². The summed E-state index contributed by atoms with van der Waals surface area (Å²) in [5.41, 5.74) is 2.36. The van der Waals surface area contributed by atoms with Crippen molar-refractivity contribution in [3.05, 3.63) is 17.5 Å². The first-order valence-electron chi connectivity index (χ1n) is 6.37. The van der Waals surface area contributed by atoms with E-state index in [2.05, 4.69) is 30.5 Å². The second-order valence-electron chi connectivity index (χ2n) is 4.89. The van der Waals surface area contributed by atoms with Gasteiger partial charge in [0.2, 0.25) is 0 Å². The van der Waals surface area contributed by atoms with Crippen LogP contribution in [0.3, 0.4) is 0 Å². The van der Waals surface area contributed by atoms with Crippen LogP contribution in [-0.4, -0.2) is 29.5 Å². The quantitative estimate of drug-likeness (QED) is 0.704. The number of nitrogens with zero attached hydrogens (tertiary/aromatic N) is 2. The molecule has 0 saturated heterocycles. The number of aromatic nitrogens is 2. The van der Waals surface area contributed by atoms with Crippen molar-refractivity contribution < 1.29 is 4.74 Å². The number of aryl methyl sites for hydroxylation is 2. The fourth-order valence-corrected chi connectivity index (χ4v) is 1.61. The molecule has 1 aromatic heterocycles. The summed E-state index contributed by atoms with van der Waals surface area (Å²) in [6.07, 6.45) is 3.20. The predicted molar refractivity (Wildman–Crippen MR) is 69.9 cm³/mol. The number of ether oxygens (including phenoxy) is 1. The maximum atomic E-state index is 5.53. The Bertz CT molecular complexity index is 320. The molecule has 1 heterocycles. The van der Waals surface area contributed by atoms with Gasteiger partial charge in [-0.25, -0.2) is 0 Å². The van der Waals surface area contributed by atoms with Crippen LogP contribution in [0.25, 0.3) is 0 Å². The van der Waals surface area contributed by atoms with Crippen molar-refractivity contribution in [2.45, 2.75) is 33.7 Å². The van der Waals surface area contributed by atoms with Crippen LogP contribution >= 0.6 is 0 Å². The highest BCUT2D eigenvalue weighted by atomic mass is 16.5. The molecule has 1 N–H and O–H groups in total. The molecule has 0 unspecified atom stereocenters. The SMILES string of the molecule is Cc1nn(C)cc1CNCCOCCC(C)C. The van der Waals surface area contributed by atoms with Gasteiger partial charge in [-0.05, 0) is 19.3 Å². The molecule has 0 amide bonds. The first-order chi connectivity index (χ1) is 8.09. The lowest BCUT2D eigenvalue weighted by Gasteiger charge is -2.07. The molecule has 0 radical (unpaired) electrons. The van der Waals surface area contributed by atoms with E-state index in [0.717, 1.165) is 44.3 Å². The number of rotatable bonds is 8. The maximum Gasteiger partial charge on any atom is 0.0638 e. The molecule has 0 spiro atoms. The number of hydrogen-bond acceptors (Lipinski definition) is 3. The van der Waals surface area contributed by atoms with Crippen LogP contribution in [0.4, 0.5) is 0 Å². The first kappa shape index (κ1) is 14.2. The van der Waals surface area contributed by atoms with Crippen molar-refractivity contribution in [1.82, 2.24) is 15.1 Å². The van der Waals surface area contributed by atoms with Gasteiger partial charge in [0, 0.05) is 38.5 Å². The van der Waals surface area contributed by atoms with Crippen molar-refractivity contribution in [1.29, 1.82) is 0 Å². The molecule has 0 aromatic carbocycles. The molecule has 0 aliphatic rings. The van der Waals surface area contributed by atoms with Crippen molar-refractivity contribution >= 4 is 0 Å². The minimum absolute atomic E-state index is 0.723. The van der Waals surface area contributed by atoms with Gasteiger partial charge in [-0.2, -0.15) is 5.10 Å². The lowest BCUT2D eigenvalue weighted by molar-refractivity contribution is 0.125. The molecule has 4 nitrogen and oxygen atoms in total. The molecule has 1 rings (SSSR count). The molecule has 0 bridgehead atoms. The highest BCUT2D eigenvalue weighted by Gasteiger charge is 2.01. The summed E-state index contributed by atoms with van der Waals surface area (Å²) >= 11 is 0. The molecule has 98 valence electrons. The standard InChI is InChI=1S/C13H25N3O/c1-11(2)5-7-17-8-6-14-9-13-10-16(4)15-12(13)3/h10-11,14H,5-9H2,1-4H3. The summed E-state index contributed by atoms with van der Waals surface area (Å²) in [4.78, 5) is 0. The van der Waals surface area contributed by atoms with Crippen molar-refractivity contribution in [2.75, 3.05) is 19.8 Å². The Hall–Kier alpha value is -0.870. The summed E-state index contributed by atoms with van der Waals surface area (Å²) in [5.74, 6) is 0.723. The van der Waals surface area contributed by atoms with Crippen molar-refractivity contribution in [2.24, 2.45) is 13.0 Å². The Morgan fingerprint density at radius 3 is 2.76 bits per heavy atom. The van der Waals surface area contributed by atoms with E-state index in [1.54, 1.807) is 0 Å². The van der Waals surface area contributed by atoms with Gasteiger partial charge in [0.25, 0.3) is 0 Å². The third-order valence-corrected chi connectivity index (χ3v) is 2.69. The van der Waals surface area contributed by atoms with Crippen LogP contribution in [0.5, 0.6) is 0 Å². The molecule has 1 aromatic rings. The Labute approximate surface area is 104 Å². The van der Waals surface area contributed by atoms with Crippen LogP contribution in [0.2, 0.25) is 0 Å². The van der Waals surface area contributed by atoms with Gasteiger partial charge in [-0.15, -0.1) is 0 Å². The summed E-state index contributed by atoms with van der Waals surface area (Å²) in [7, 11) is 1.95. The summed E-state index contributed by atoms with van der Waals surface area (Å²) < 4.78 is 7.39. The minimum atomic E-state index is 0.723. The van der Waals surface area contributed by atoms with E-state index < -0.39 is 0 Å². The van der Waals surface area contributed by atoms with Gasteiger partial charge in [-0.1, -0.05) is 13.8 Å². The van der Waals surface area contributed by atoms with Gasteiger partial charge < -0.3 is 10.1 Å². The van der Waals surface area contributed by atoms with Crippen LogP contribution in [0, 0.1) is 12.8 Å². The van der Waals surface area contributed by atoms with Crippen molar-refractivity contribution in [3.63, 3.8) is 0 Å².